The maximum absolute atomic E-state index is 14.3. The molecule has 20 nitrogen and oxygen atoms in total. The van der Waals surface area contributed by atoms with Crippen molar-refractivity contribution in [2.45, 2.75) is 58.7 Å². The molecule has 10 rings (SSSR count). The number of oxazole rings is 1. The summed E-state index contributed by atoms with van der Waals surface area (Å²) in [5, 5.41) is 15.1. The third-order valence-corrected chi connectivity index (χ3v) is 10.8. The SMILES string of the molecule is CC(C)(C)OC(=O)n1c(=O)[nH]c2nc(-c3cc(-c4ccon4)n(Cc4ccccc4F)n3)ncc21.CC1(C(=O)Nc2cnc(-c3cc(-c4ncco4)n(Cc4ccccc4F)n3)[nH]c2=O)CC1(F)F. The fraction of sp³-hybridized carbons (Fsp3) is 0.222. The van der Waals surface area contributed by atoms with E-state index in [-0.39, 0.29) is 59.0 Å². The number of nitrogens with one attached hydrogen (secondary N) is 3. The molecule has 0 spiro atoms. The summed E-state index contributed by atoms with van der Waals surface area (Å²) in [7, 11) is 0. The van der Waals surface area contributed by atoms with Gasteiger partial charge in [-0.1, -0.05) is 41.6 Å². The molecule has 9 aromatic rings. The number of alkyl halides is 2. The molecule has 1 atom stereocenters. The topological polar surface area (TPSA) is 252 Å². The number of hydrogen-bond acceptors (Lipinski definition) is 14. The number of halogens is 4. The minimum atomic E-state index is -3.11. The fourth-order valence-electron chi connectivity index (χ4n) is 6.98. The van der Waals surface area contributed by atoms with Crippen molar-refractivity contribution in [3.05, 3.63) is 141 Å². The number of carbonyl (C=O) groups excluding carboxylic acids is 2. The van der Waals surface area contributed by atoms with Crippen molar-refractivity contribution in [2.75, 3.05) is 5.32 Å². The lowest BCUT2D eigenvalue weighted by Crippen LogP contribution is -2.32. The normalized spacial score (nSPS) is 15.1. The van der Waals surface area contributed by atoms with Crippen molar-refractivity contribution < 1.29 is 40.8 Å². The second kappa shape index (κ2) is 17.4. The van der Waals surface area contributed by atoms with Gasteiger partial charge < -0.3 is 24.0 Å². The number of ether oxygens (including phenoxy) is 1. The third-order valence-electron chi connectivity index (χ3n) is 10.8. The summed E-state index contributed by atoms with van der Waals surface area (Å²) in [4.78, 5) is 71.5. The quantitative estimate of drug-likeness (QED) is 0.116. The van der Waals surface area contributed by atoms with Gasteiger partial charge in [0, 0.05) is 29.7 Å². The maximum Gasteiger partial charge on any atom is 0.423 e. The maximum atomic E-state index is 14.3. The van der Waals surface area contributed by atoms with Crippen LogP contribution in [0.1, 0.15) is 45.2 Å². The van der Waals surface area contributed by atoms with Crippen LogP contribution in [0.15, 0.2) is 116 Å². The van der Waals surface area contributed by atoms with E-state index >= 15 is 0 Å². The van der Waals surface area contributed by atoms with Crippen LogP contribution < -0.4 is 16.6 Å². The molecule has 1 unspecified atom stereocenters. The van der Waals surface area contributed by atoms with Gasteiger partial charge in [0.15, 0.2) is 17.3 Å². The first-order chi connectivity index (χ1) is 32.9. The summed E-state index contributed by atoms with van der Waals surface area (Å²) in [6, 6.07) is 17.5. The van der Waals surface area contributed by atoms with Crippen LogP contribution in [0.3, 0.4) is 0 Å². The molecular weight excluding hydrogens is 911 g/mol. The number of imidazole rings is 1. The Labute approximate surface area is 385 Å². The number of amides is 1. The zero-order chi connectivity index (χ0) is 48.8. The monoisotopic (exact) mass is 947 g/mol. The van der Waals surface area contributed by atoms with Gasteiger partial charge in [0.05, 0.1) is 37.4 Å². The van der Waals surface area contributed by atoms with Crippen molar-refractivity contribution in [3.8, 4) is 46.0 Å². The van der Waals surface area contributed by atoms with Gasteiger partial charge in [0.25, 0.3) is 11.5 Å². The largest absolute Gasteiger partial charge is 0.443 e. The molecule has 24 heteroatoms. The van der Waals surface area contributed by atoms with Crippen LogP contribution in [0.5, 0.6) is 0 Å². The molecule has 0 aliphatic heterocycles. The van der Waals surface area contributed by atoms with Gasteiger partial charge in [-0.15, -0.1) is 0 Å². The highest BCUT2D eigenvalue weighted by molar-refractivity contribution is 5.98. The first-order valence-corrected chi connectivity index (χ1v) is 20.8. The van der Waals surface area contributed by atoms with Crippen LogP contribution in [0.25, 0.3) is 57.2 Å². The average molecular weight is 948 g/mol. The zero-order valence-corrected chi connectivity index (χ0v) is 36.7. The molecule has 0 saturated heterocycles. The second-order valence-corrected chi connectivity index (χ2v) is 16.9. The fourth-order valence-corrected chi connectivity index (χ4v) is 6.98. The van der Waals surface area contributed by atoms with E-state index in [9.17, 15) is 36.7 Å². The third kappa shape index (κ3) is 9.18. The van der Waals surface area contributed by atoms with Gasteiger partial charge in [-0.3, -0.25) is 23.9 Å². The van der Waals surface area contributed by atoms with E-state index in [4.69, 9.17) is 13.7 Å². The number of carbonyl (C=O) groups is 2. The summed E-state index contributed by atoms with van der Waals surface area (Å²) >= 11 is 0. The summed E-state index contributed by atoms with van der Waals surface area (Å²) in [6.07, 6.45) is 5.21. The number of anilines is 1. The smallest absolute Gasteiger partial charge is 0.423 e. The first-order valence-electron chi connectivity index (χ1n) is 20.8. The van der Waals surface area contributed by atoms with Crippen LogP contribution in [0, 0.1) is 17.0 Å². The van der Waals surface area contributed by atoms with Gasteiger partial charge >= 0.3 is 11.8 Å². The number of aromatic nitrogens is 12. The first kappa shape index (κ1) is 45.3. The molecule has 7 aromatic heterocycles. The van der Waals surface area contributed by atoms with Gasteiger partial charge in [0.1, 0.15) is 69.2 Å². The molecule has 1 saturated carbocycles. The Bertz CT molecular complexity index is 3500. The Morgan fingerprint density at radius 3 is 2.09 bits per heavy atom. The minimum absolute atomic E-state index is 0.0473. The molecule has 2 aromatic carbocycles. The van der Waals surface area contributed by atoms with Gasteiger partial charge in [-0.05, 0) is 45.9 Å². The number of H-pyrrole nitrogens is 2. The van der Waals surface area contributed by atoms with Crippen molar-refractivity contribution in [2.24, 2.45) is 5.41 Å². The van der Waals surface area contributed by atoms with Gasteiger partial charge in [-0.25, -0.2) is 47.1 Å². The lowest BCUT2D eigenvalue weighted by molar-refractivity contribution is -0.123. The molecule has 0 radical (unpaired) electrons. The van der Waals surface area contributed by atoms with E-state index in [0.29, 0.717) is 33.9 Å². The van der Waals surface area contributed by atoms with Gasteiger partial charge in [-0.2, -0.15) is 14.8 Å². The highest BCUT2D eigenvalue weighted by atomic mass is 19.3. The van der Waals surface area contributed by atoms with Crippen molar-refractivity contribution in [3.63, 3.8) is 0 Å². The molecule has 1 amide bonds. The Morgan fingerprint density at radius 2 is 1.49 bits per heavy atom. The van der Waals surface area contributed by atoms with Crippen LogP contribution in [0.2, 0.25) is 0 Å². The van der Waals surface area contributed by atoms with Crippen LogP contribution in [0.4, 0.5) is 28.0 Å². The minimum Gasteiger partial charge on any atom is -0.443 e. The lowest BCUT2D eigenvalue weighted by atomic mass is 10.1. The molecule has 7 heterocycles. The number of aromatic amines is 2. The van der Waals surface area contributed by atoms with E-state index in [1.54, 1.807) is 80.1 Å². The predicted octanol–water partition coefficient (Wildman–Crippen LogP) is 7.07. The standard InChI is InChI=1S/C23H20FN7O4.C22H17F3N6O3/c1-23(2,3)35-22(33)31-18-11-25-19(26-20(18)27-21(31)32)16-10-17(15-8-9-34-29-15)30(28-16)12-13-6-4-5-7-14(13)24;1-21(11-22(21,24)25)20(33)28-15-9-27-17(29-18(15)32)14-8-16(19-26-6-7-34-19)31(30-14)10-12-4-2-3-5-13(12)23/h4-11H,12H2,1-3H3,(H,25,26,27,32);2-9H,10-11H2,1H3,(H,28,33)(H,27,29,32). The summed E-state index contributed by atoms with van der Waals surface area (Å²) in [5.41, 5.74) is -1.22. The lowest BCUT2D eigenvalue weighted by Gasteiger charge is -2.19. The summed E-state index contributed by atoms with van der Waals surface area (Å²) in [5.74, 6) is -4.40. The van der Waals surface area contributed by atoms with E-state index in [2.05, 4.69) is 50.6 Å². The van der Waals surface area contributed by atoms with Gasteiger partial charge in [0.2, 0.25) is 11.8 Å². The van der Waals surface area contributed by atoms with Crippen molar-refractivity contribution in [1.82, 2.24) is 59.2 Å². The molecule has 1 fully saturated rings. The molecular formula is C45H37F4N13O7. The highest BCUT2D eigenvalue weighted by Gasteiger charge is 2.72. The molecule has 69 heavy (non-hydrogen) atoms. The number of benzene rings is 2. The number of nitrogens with zero attached hydrogens (tertiary/aromatic N) is 10. The zero-order valence-electron chi connectivity index (χ0n) is 36.7. The van der Waals surface area contributed by atoms with Crippen LogP contribution in [-0.4, -0.2) is 82.7 Å². The van der Waals surface area contributed by atoms with E-state index < -0.39 is 52.4 Å². The Balaban J connectivity index is 0.000000172. The van der Waals surface area contributed by atoms with Crippen molar-refractivity contribution >= 4 is 28.9 Å². The van der Waals surface area contributed by atoms with Crippen LogP contribution in [-0.2, 0) is 22.6 Å². The van der Waals surface area contributed by atoms with E-state index in [1.807, 2.05) is 0 Å². The van der Waals surface area contributed by atoms with E-state index in [0.717, 1.165) is 17.7 Å². The molecule has 3 N–H and O–H groups in total. The van der Waals surface area contributed by atoms with Crippen LogP contribution >= 0.6 is 0 Å². The Kier molecular flexibility index (Phi) is 11.5. The molecule has 1 aliphatic carbocycles. The molecule has 352 valence electrons. The summed E-state index contributed by atoms with van der Waals surface area (Å²) < 4.78 is 74.8. The second-order valence-electron chi connectivity index (χ2n) is 16.9. The number of hydrogen-bond donors (Lipinski definition) is 3. The number of fused-ring (bicyclic) bond motifs is 1. The average Bonchev–Trinajstić information content (AvgIpc) is 4.08. The summed E-state index contributed by atoms with van der Waals surface area (Å²) in [6.45, 7) is 6.40. The predicted molar refractivity (Wildman–Crippen MR) is 235 cm³/mol. The Morgan fingerprint density at radius 1 is 0.841 bits per heavy atom. The molecule has 1 aliphatic rings. The van der Waals surface area contributed by atoms with Crippen molar-refractivity contribution in [1.29, 1.82) is 0 Å². The number of rotatable bonds is 10. The Hall–Kier alpha value is -8.83. The van der Waals surface area contributed by atoms with E-state index in [1.165, 1.54) is 41.7 Å². The molecule has 0 bridgehead atoms. The highest BCUT2D eigenvalue weighted by Crippen LogP contribution is 2.60.